The molecule has 1 saturated carbocycles. The molecule has 9 heteroatoms. The first-order chi connectivity index (χ1) is 9.91. The van der Waals surface area contributed by atoms with E-state index >= 15 is 0 Å². The highest BCUT2D eigenvalue weighted by molar-refractivity contribution is 7.89. The third-order valence-corrected chi connectivity index (χ3v) is 6.99. The van der Waals surface area contributed by atoms with Gasteiger partial charge in [-0.2, -0.15) is 4.37 Å². The second-order valence-electron chi connectivity index (χ2n) is 5.74. The molecule has 1 aromatic heterocycles. The van der Waals surface area contributed by atoms with Crippen LogP contribution >= 0.6 is 11.5 Å². The van der Waals surface area contributed by atoms with Crippen LogP contribution in [0.4, 0.5) is 10.8 Å². The lowest BCUT2D eigenvalue weighted by molar-refractivity contribution is 0.248. The van der Waals surface area contributed by atoms with Crippen molar-refractivity contribution < 1.29 is 8.42 Å². The molecule has 2 aliphatic rings. The Kier molecular flexibility index (Phi) is 3.85. The quantitative estimate of drug-likeness (QED) is 0.852. The van der Waals surface area contributed by atoms with Gasteiger partial charge in [0, 0.05) is 46.3 Å². The lowest BCUT2D eigenvalue weighted by Crippen LogP contribution is -2.47. The van der Waals surface area contributed by atoms with Gasteiger partial charge in [0.05, 0.1) is 0 Å². The molecule has 0 amide bonds. The van der Waals surface area contributed by atoms with E-state index in [1.54, 1.807) is 0 Å². The molecule has 2 heterocycles. The van der Waals surface area contributed by atoms with E-state index in [4.69, 9.17) is 5.73 Å². The Hall–Kier alpha value is -0.900. The minimum atomic E-state index is -3.56. The number of rotatable bonds is 4. The van der Waals surface area contributed by atoms with Crippen LogP contribution in [0.1, 0.15) is 12.8 Å². The van der Waals surface area contributed by atoms with Gasteiger partial charge in [-0.1, -0.05) is 0 Å². The van der Waals surface area contributed by atoms with Crippen molar-refractivity contribution in [2.45, 2.75) is 23.8 Å². The molecule has 0 radical (unpaired) electrons. The Morgan fingerprint density at radius 3 is 2.38 bits per heavy atom. The molecule has 21 heavy (non-hydrogen) atoms. The fourth-order valence-corrected chi connectivity index (χ4v) is 4.91. The molecule has 1 aromatic rings. The predicted octanol–water partition coefficient (Wildman–Crippen LogP) is 0.260. The van der Waals surface area contributed by atoms with E-state index in [-0.39, 0.29) is 10.7 Å². The van der Waals surface area contributed by atoms with Crippen LogP contribution in [-0.2, 0) is 10.0 Å². The topological polar surface area (TPSA) is 82.8 Å². The van der Waals surface area contributed by atoms with E-state index in [9.17, 15) is 8.42 Å². The van der Waals surface area contributed by atoms with Gasteiger partial charge in [-0.3, -0.25) is 4.90 Å². The van der Waals surface area contributed by atoms with Gasteiger partial charge in [0.25, 0.3) is 0 Å². The summed E-state index contributed by atoms with van der Waals surface area (Å²) >= 11 is 1.18. The minimum absolute atomic E-state index is 0.105. The maximum absolute atomic E-state index is 12.4. The van der Waals surface area contributed by atoms with Crippen LogP contribution in [0.25, 0.3) is 0 Å². The van der Waals surface area contributed by atoms with Crippen molar-refractivity contribution >= 4 is 32.4 Å². The van der Waals surface area contributed by atoms with Crippen LogP contribution in [0.15, 0.2) is 4.90 Å². The van der Waals surface area contributed by atoms with E-state index in [0.717, 1.165) is 32.2 Å². The summed E-state index contributed by atoms with van der Waals surface area (Å²) in [4.78, 5) is 4.75. The molecule has 0 unspecified atom stereocenters. The Morgan fingerprint density at radius 2 is 1.86 bits per heavy atom. The van der Waals surface area contributed by atoms with Gasteiger partial charge >= 0.3 is 0 Å². The maximum Gasteiger partial charge on any atom is 0.249 e. The van der Waals surface area contributed by atoms with E-state index < -0.39 is 10.0 Å². The number of aromatic nitrogens is 1. The molecular weight excluding hydrogens is 310 g/mol. The van der Waals surface area contributed by atoms with Crippen LogP contribution in [-0.4, -0.2) is 68.3 Å². The van der Waals surface area contributed by atoms with E-state index in [2.05, 4.69) is 14.2 Å². The first kappa shape index (κ1) is 15.0. The third kappa shape index (κ3) is 2.75. The van der Waals surface area contributed by atoms with Crippen LogP contribution in [0.2, 0.25) is 0 Å². The molecule has 2 N–H and O–H groups in total. The van der Waals surface area contributed by atoms with Gasteiger partial charge in [-0.15, -0.1) is 0 Å². The zero-order valence-corrected chi connectivity index (χ0v) is 14.0. The maximum atomic E-state index is 12.4. The fraction of sp³-hybridized carbons (Fsp3) is 0.750. The van der Waals surface area contributed by atoms with Gasteiger partial charge in [0.2, 0.25) is 10.0 Å². The largest absolute Gasteiger partial charge is 0.382 e. The van der Waals surface area contributed by atoms with Crippen molar-refractivity contribution in [2.24, 2.45) is 0 Å². The number of anilines is 2. The zero-order valence-electron chi connectivity index (χ0n) is 12.3. The van der Waals surface area contributed by atoms with Gasteiger partial charge < -0.3 is 10.6 Å². The lowest BCUT2D eigenvalue weighted by atomic mass is 10.3. The highest BCUT2D eigenvalue weighted by atomic mass is 32.2. The first-order valence-electron chi connectivity index (χ1n) is 7.08. The average Bonchev–Trinajstić information content (AvgIpc) is 3.21. The second kappa shape index (κ2) is 5.38. The minimum Gasteiger partial charge on any atom is -0.382 e. The normalized spacial score (nSPS) is 21.2. The number of nitrogen functional groups attached to an aromatic ring is 1. The molecule has 7 nitrogen and oxygen atoms in total. The summed E-state index contributed by atoms with van der Waals surface area (Å²) in [7, 11) is -0.530. The van der Waals surface area contributed by atoms with E-state index in [0.29, 0.717) is 5.00 Å². The lowest BCUT2D eigenvalue weighted by Gasteiger charge is -2.35. The van der Waals surface area contributed by atoms with Gasteiger partial charge in [-0.25, -0.2) is 12.7 Å². The van der Waals surface area contributed by atoms with Crippen LogP contribution in [0.3, 0.4) is 0 Å². The first-order valence-corrected chi connectivity index (χ1v) is 9.29. The SMILES string of the molecule is CN(C)S(=O)(=O)c1c(N)nsc1N1CCN(C2CC2)CC1. The Labute approximate surface area is 129 Å². The Bertz CT molecular complexity index is 616. The zero-order chi connectivity index (χ0) is 15.2. The number of piperazine rings is 1. The summed E-state index contributed by atoms with van der Waals surface area (Å²) in [5.41, 5.74) is 5.81. The van der Waals surface area contributed by atoms with Crippen LogP contribution < -0.4 is 10.6 Å². The summed E-state index contributed by atoms with van der Waals surface area (Å²) in [6.07, 6.45) is 2.60. The van der Waals surface area contributed by atoms with Crippen molar-refractivity contribution in [2.75, 3.05) is 50.9 Å². The van der Waals surface area contributed by atoms with Crippen molar-refractivity contribution in [1.29, 1.82) is 0 Å². The molecule has 3 rings (SSSR count). The van der Waals surface area contributed by atoms with Crippen molar-refractivity contribution in [3.05, 3.63) is 0 Å². The van der Waals surface area contributed by atoms with E-state index in [1.807, 2.05) is 0 Å². The molecule has 2 fully saturated rings. The van der Waals surface area contributed by atoms with Crippen molar-refractivity contribution in [1.82, 2.24) is 13.6 Å². The van der Waals surface area contributed by atoms with Gasteiger partial charge in [0.1, 0.15) is 5.00 Å². The molecular formula is C12H21N5O2S2. The molecule has 0 spiro atoms. The number of hydrogen-bond acceptors (Lipinski definition) is 7. The summed E-state index contributed by atoms with van der Waals surface area (Å²) in [5.74, 6) is 0.105. The third-order valence-electron chi connectivity index (χ3n) is 4.06. The van der Waals surface area contributed by atoms with E-state index in [1.165, 1.54) is 42.8 Å². The fourth-order valence-electron chi connectivity index (χ4n) is 2.64. The Morgan fingerprint density at radius 1 is 1.24 bits per heavy atom. The molecule has 1 aliphatic carbocycles. The number of nitrogens with two attached hydrogens (primary N) is 1. The van der Waals surface area contributed by atoms with Crippen LogP contribution in [0.5, 0.6) is 0 Å². The monoisotopic (exact) mass is 331 g/mol. The van der Waals surface area contributed by atoms with Gasteiger partial charge in [0.15, 0.2) is 10.7 Å². The molecule has 118 valence electrons. The number of hydrogen-bond donors (Lipinski definition) is 1. The summed E-state index contributed by atoms with van der Waals surface area (Å²) in [5, 5.41) is 0.677. The van der Waals surface area contributed by atoms with Crippen molar-refractivity contribution in [3.8, 4) is 0 Å². The smallest absolute Gasteiger partial charge is 0.249 e. The highest BCUT2D eigenvalue weighted by Gasteiger charge is 2.34. The summed E-state index contributed by atoms with van der Waals surface area (Å²) in [6, 6.07) is 0.753. The molecule has 0 atom stereocenters. The average molecular weight is 331 g/mol. The summed E-state index contributed by atoms with van der Waals surface area (Å²) in [6.45, 7) is 3.61. The molecule has 0 aromatic carbocycles. The molecule has 1 saturated heterocycles. The van der Waals surface area contributed by atoms with Gasteiger partial charge in [-0.05, 0) is 24.4 Å². The number of nitrogens with zero attached hydrogens (tertiary/aromatic N) is 4. The highest BCUT2D eigenvalue weighted by Crippen LogP contribution is 2.37. The predicted molar refractivity (Wildman–Crippen MR) is 84.2 cm³/mol. The molecule has 0 bridgehead atoms. The second-order valence-corrected chi connectivity index (χ2v) is 8.58. The Balaban J connectivity index is 1.83. The number of sulfonamides is 1. The van der Waals surface area contributed by atoms with Crippen molar-refractivity contribution in [3.63, 3.8) is 0 Å². The summed E-state index contributed by atoms with van der Waals surface area (Å²) < 4.78 is 30.1. The standard InChI is InChI=1S/C12H21N5O2S2/c1-15(2)21(18,19)10-11(13)14-20-12(10)17-7-5-16(6-8-17)9-3-4-9/h9H,3-8H2,1-2H3,(H2,13,14). The van der Waals surface area contributed by atoms with Crippen LogP contribution in [0, 0.1) is 0 Å². The molecule has 1 aliphatic heterocycles.